The van der Waals surface area contributed by atoms with Gasteiger partial charge in [-0.2, -0.15) is 5.10 Å². The fourth-order valence-electron chi connectivity index (χ4n) is 3.34. The number of amides is 2. The standard InChI is InChI=1S/C24H32N4O5/c1-15(2)19-14-20(27-26-19)21(29)25-17-8-6-16(7-9-17)22(30)32-18-10-12-28(13-11-18)23(31)33-24(3,4)5/h6-9,14-15,18H,10-13H2,1-5H3,(H,25,29)(H,26,27). The van der Waals surface area contributed by atoms with E-state index in [-0.39, 0.29) is 24.0 Å². The Morgan fingerprint density at radius 1 is 1.12 bits per heavy atom. The van der Waals surface area contributed by atoms with Gasteiger partial charge >= 0.3 is 12.1 Å². The molecule has 2 heterocycles. The molecule has 0 radical (unpaired) electrons. The van der Waals surface area contributed by atoms with Gasteiger partial charge in [-0.15, -0.1) is 0 Å². The van der Waals surface area contributed by atoms with Crippen molar-refractivity contribution in [2.24, 2.45) is 0 Å². The Balaban J connectivity index is 1.48. The molecule has 2 aromatic rings. The number of H-pyrrole nitrogens is 1. The third-order valence-electron chi connectivity index (χ3n) is 5.20. The molecular formula is C24H32N4O5. The van der Waals surface area contributed by atoms with Crippen LogP contribution in [-0.2, 0) is 9.47 Å². The van der Waals surface area contributed by atoms with Crippen LogP contribution in [-0.4, -0.2) is 57.9 Å². The van der Waals surface area contributed by atoms with Gasteiger partial charge in [-0.3, -0.25) is 9.89 Å². The van der Waals surface area contributed by atoms with Crippen molar-refractivity contribution in [1.29, 1.82) is 0 Å². The maximum Gasteiger partial charge on any atom is 0.410 e. The summed E-state index contributed by atoms with van der Waals surface area (Å²) in [4.78, 5) is 38.7. The topological polar surface area (TPSA) is 114 Å². The Hall–Kier alpha value is -3.36. The van der Waals surface area contributed by atoms with Gasteiger partial charge in [-0.25, -0.2) is 9.59 Å². The van der Waals surface area contributed by atoms with E-state index >= 15 is 0 Å². The molecule has 2 N–H and O–H groups in total. The number of nitrogens with one attached hydrogen (secondary N) is 2. The first kappa shape index (κ1) is 24.3. The molecule has 1 saturated heterocycles. The van der Waals surface area contributed by atoms with Crippen molar-refractivity contribution >= 4 is 23.7 Å². The smallest absolute Gasteiger partial charge is 0.410 e. The number of aromatic nitrogens is 2. The summed E-state index contributed by atoms with van der Waals surface area (Å²) in [5, 5.41) is 9.65. The zero-order valence-electron chi connectivity index (χ0n) is 19.8. The van der Waals surface area contributed by atoms with Gasteiger partial charge in [0.25, 0.3) is 5.91 Å². The van der Waals surface area contributed by atoms with Crippen LogP contribution in [0.4, 0.5) is 10.5 Å². The molecule has 1 fully saturated rings. The van der Waals surface area contributed by atoms with Gasteiger partial charge in [-0.1, -0.05) is 13.8 Å². The molecule has 0 unspecified atom stereocenters. The minimum Gasteiger partial charge on any atom is -0.459 e. The van der Waals surface area contributed by atoms with E-state index in [9.17, 15) is 14.4 Å². The minimum absolute atomic E-state index is 0.244. The van der Waals surface area contributed by atoms with Crippen molar-refractivity contribution in [3.8, 4) is 0 Å². The highest BCUT2D eigenvalue weighted by Crippen LogP contribution is 2.20. The average molecular weight is 457 g/mol. The van der Waals surface area contributed by atoms with E-state index in [2.05, 4.69) is 15.5 Å². The largest absolute Gasteiger partial charge is 0.459 e. The fourth-order valence-corrected chi connectivity index (χ4v) is 3.34. The van der Waals surface area contributed by atoms with E-state index in [1.807, 2.05) is 34.6 Å². The van der Waals surface area contributed by atoms with Crippen LogP contribution < -0.4 is 5.32 Å². The van der Waals surface area contributed by atoms with Gasteiger partial charge in [0.05, 0.1) is 5.56 Å². The number of carbonyl (C=O) groups excluding carboxylic acids is 3. The van der Waals surface area contributed by atoms with Crippen molar-refractivity contribution in [3.63, 3.8) is 0 Å². The maximum atomic E-state index is 12.5. The van der Waals surface area contributed by atoms with Crippen LogP contribution in [0.15, 0.2) is 30.3 Å². The van der Waals surface area contributed by atoms with Gasteiger partial charge in [0, 0.05) is 37.3 Å². The summed E-state index contributed by atoms with van der Waals surface area (Å²) in [6, 6.07) is 8.24. The van der Waals surface area contributed by atoms with E-state index in [4.69, 9.17) is 9.47 Å². The van der Waals surface area contributed by atoms with Gasteiger partial charge in [0.2, 0.25) is 0 Å². The van der Waals surface area contributed by atoms with E-state index in [1.165, 1.54) is 0 Å². The lowest BCUT2D eigenvalue weighted by Gasteiger charge is -2.33. The predicted molar refractivity (Wildman–Crippen MR) is 123 cm³/mol. The molecule has 0 bridgehead atoms. The number of hydrogen-bond donors (Lipinski definition) is 2. The van der Waals surface area contributed by atoms with Crippen LogP contribution in [0.1, 0.15) is 79.9 Å². The number of benzene rings is 1. The molecule has 2 amide bonds. The van der Waals surface area contributed by atoms with E-state index in [1.54, 1.807) is 35.2 Å². The van der Waals surface area contributed by atoms with E-state index in [0.717, 1.165) is 5.69 Å². The number of nitrogens with zero attached hydrogens (tertiary/aromatic N) is 2. The molecule has 3 rings (SSSR count). The van der Waals surface area contributed by atoms with Crippen LogP contribution in [0.5, 0.6) is 0 Å². The molecule has 1 aromatic heterocycles. The van der Waals surface area contributed by atoms with Crippen molar-refractivity contribution in [3.05, 3.63) is 47.3 Å². The summed E-state index contributed by atoms with van der Waals surface area (Å²) in [6.07, 6.45) is 0.507. The number of aromatic amines is 1. The van der Waals surface area contributed by atoms with Crippen molar-refractivity contribution < 1.29 is 23.9 Å². The van der Waals surface area contributed by atoms with Gasteiger partial charge in [-0.05, 0) is 57.0 Å². The van der Waals surface area contributed by atoms with Crippen molar-refractivity contribution in [1.82, 2.24) is 15.1 Å². The highest BCUT2D eigenvalue weighted by atomic mass is 16.6. The maximum absolute atomic E-state index is 12.5. The monoisotopic (exact) mass is 456 g/mol. The Bertz CT molecular complexity index is 983. The number of carbonyl (C=O) groups is 3. The second kappa shape index (κ2) is 10.1. The Kier molecular flexibility index (Phi) is 7.40. The summed E-state index contributed by atoms with van der Waals surface area (Å²) in [6.45, 7) is 10.5. The van der Waals surface area contributed by atoms with Crippen LogP contribution in [0.25, 0.3) is 0 Å². The number of esters is 1. The van der Waals surface area contributed by atoms with Crippen LogP contribution in [0.2, 0.25) is 0 Å². The molecule has 178 valence electrons. The second-order valence-electron chi connectivity index (χ2n) is 9.47. The molecule has 1 aromatic carbocycles. The normalized spacial score (nSPS) is 14.8. The lowest BCUT2D eigenvalue weighted by Crippen LogP contribution is -2.43. The zero-order chi connectivity index (χ0) is 24.2. The lowest BCUT2D eigenvalue weighted by atomic mass is 10.1. The first-order valence-corrected chi connectivity index (χ1v) is 11.2. The highest BCUT2D eigenvalue weighted by molar-refractivity contribution is 6.03. The molecule has 1 aliphatic heterocycles. The molecule has 33 heavy (non-hydrogen) atoms. The van der Waals surface area contributed by atoms with Crippen LogP contribution in [0.3, 0.4) is 0 Å². The number of piperidine rings is 1. The Labute approximate surface area is 193 Å². The first-order valence-electron chi connectivity index (χ1n) is 11.2. The highest BCUT2D eigenvalue weighted by Gasteiger charge is 2.28. The Morgan fingerprint density at radius 3 is 2.30 bits per heavy atom. The molecule has 0 aliphatic carbocycles. The number of likely N-dealkylation sites (tertiary alicyclic amines) is 1. The van der Waals surface area contributed by atoms with Crippen molar-refractivity contribution in [2.75, 3.05) is 18.4 Å². The summed E-state index contributed by atoms with van der Waals surface area (Å²) < 4.78 is 11.0. The summed E-state index contributed by atoms with van der Waals surface area (Å²) in [5.74, 6) is -0.517. The summed E-state index contributed by atoms with van der Waals surface area (Å²) in [5.41, 5.74) is 1.59. The lowest BCUT2D eigenvalue weighted by molar-refractivity contribution is -0.00341. The first-order chi connectivity index (χ1) is 15.5. The number of anilines is 1. The number of ether oxygens (including phenoxy) is 2. The molecule has 9 heteroatoms. The summed E-state index contributed by atoms with van der Waals surface area (Å²) in [7, 11) is 0. The molecule has 1 aliphatic rings. The molecule has 0 atom stereocenters. The van der Waals surface area contributed by atoms with Gasteiger partial charge < -0.3 is 19.7 Å². The van der Waals surface area contributed by atoms with Gasteiger partial charge in [0.1, 0.15) is 11.7 Å². The molecule has 0 spiro atoms. The number of hydrogen-bond acceptors (Lipinski definition) is 6. The van der Waals surface area contributed by atoms with E-state index in [0.29, 0.717) is 42.9 Å². The minimum atomic E-state index is -0.540. The predicted octanol–water partition coefficient (Wildman–Crippen LogP) is 4.34. The SMILES string of the molecule is CC(C)c1cc(C(=O)Nc2ccc(C(=O)OC3CCN(C(=O)OC(C)(C)C)CC3)cc2)n[nH]1. The number of rotatable bonds is 5. The van der Waals surface area contributed by atoms with E-state index < -0.39 is 11.6 Å². The van der Waals surface area contributed by atoms with Crippen LogP contribution >= 0.6 is 0 Å². The van der Waals surface area contributed by atoms with Crippen molar-refractivity contribution in [2.45, 2.75) is 65.1 Å². The third-order valence-corrected chi connectivity index (χ3v) is 5.20. The third kappa shape index (κ3) is 6.81. The average Bonchev–Trinajstić information content (AvgIpc) is 3.24. The quantitative estimate of drug-likeness (QED) is 0.647. The summed E-state index contributed by atoms with van der Waals surface area (Å²) >= 11 is 0. The van der Waals surface area contributed by atoms with Crippen LogP contribution in [0, 0.1) is 0 Å². The molecule has 9 nitrogen and oxygen atoms in total. The molecule has 0 saturated carbocycles. The zero-order valence-corrected chi connectivity index (χ0v) is 19.8. The second-order valence-corrected chi connectivity index (χ2v) is 9.47. The van der Waals surface area contributed by atoms with Gasteiger partial charge in [0.15, 0.2) is 5.69 Å². The Morgan fingerprint density at radius 2 is 1.76 bits per heavy atom. The fraction of sp³-hybridized carbons (Fsp3) is 0.500. The molecular weight excluding hydrogens is 424 g/mol.